The molecule has 0 aromatic heterocycles. The first-order valence-electron chi connectivity index (χ1n) is 25.9. The molecule has 5 N–H and O–H groups in total. The molecule has 19 heteroatoms. The molecular formula is C64H51BN4O14. The lowest BCUT2D eigenvalue weighted by Gasteiger charge is -2.22. The van der Waals surface area contributed by atoms with Gasteiger partial charge in [-0.1, -0.05) is 84.9 Å². The van der Waals surface area contributed by atoms with Gasteiger partial charge < -0.3 is 39.0 Å². The van der Waals surface area contributed by atoms with Gasteiger partial charge in [0.1, 0.15) is 17.2 Å². The van der Waals surface area contributed by atoms with E-state index in [1.165, 1.54) is 36.4 Å². The van der Waals surface area contributed by atoms with E-state index in [4.69, 9.17) is 38.9 Å². The van der Waals surface area contributed by atoms with Crippen LogP contribution in [0.5, 0.6) is 34.5 Å². The highest BCUT2D eigenvalue weighted by atomic mass is 16.5. The molecule has 0 saturated carbocycles. The summed E-state index contributed by atoms with van der Waals surface area (Å²) in [7, 11) is -1.51. The Balaban J connectivity index is 0.000000138. The molecule has 0 unspecified atom stereocenters. The lowest BCUT2D eigenvalue weighted by molar-refractivity contribution is 0.0517. The maximum absolute atomic E-state index is 13.3. The summed E-state index contributed by atoms with van der Waals surface area (Å²) in [5.41, 5.74) is 7.69. The number of fused-ring (bicyclic) bond motifs is 6. The van der Waals surface area contributed by atoms with Gasteiger partial charge in [0, 0.05) is 16.9 Å². The number of ether oxygens (including phenoxy) is 5. The second-order valence-corrected chi connectivity index (χ2v) is 17.9. The SMILES string of the molecule is CCOC(=O)c1ccc(B(O)O)cc1.CCOC(=O)c1ccc(N2C(=O)c3ccccc3Oc3ccccc32)cc1.O=C(NO)c1ccc(N2C(=O)c3ccccc3Oc3ccccc32)cc1.O=C1Nc2ccccc2Oc2ccccc21. The molecule has 0 radical (unpaired) electrons. The number of nitrogens with one attached hydrogen (secondary N) is 2. The van der Waals surface area contributed by atoms with Crippen LogP contribution in [0.3, 0.4) is 0 Å². The van der Waals surface area contributed by atoms with Gasteiger partial charge in [-0.05, 0) is 153 Å². The summed E-state index contributed by atoms with van der Waals surface area (Å²) in [5.74, 6) is 1.42. The number of amides is 4. The van der Waals surface area contributed by atoms with Gasteiger partial charge in [-0.25, -0.2) is 15.1 Å². The zero-order valence-corrected chi connectivity index (χ0v) is 44.5. The second kappa shape index (κ2) is 26.4. The molecule has 9 aromatic rings. The molecule has 0 aliphatic carbocycles. The van der Waals surface area contributed by atoms with Crippen molar-refractivity contribution in [3.05, 3.63) is 252 Å². The number of hydrogen-bond acceptors (Lipinski definition) is 14. The Morgan fingerprint density at radius 1 is 0.458 bits per heavy atom. The molecule has 4 amide bonds. The predicted molar refractivity (Wildman–Crippen MR) is 310 cm³/mol. The van der Waals surface area contributed by atoms with Crippen molar-refractivity contribution in [1.82, 2.24) is 5.48 Å². The summed E-state index contributed by atoms with van der Waals surface area (Å²) >= 11 is 0. The molecule has 83 heavy (non-hydrogen) atoms. The summed E-state index contributed by atoms with van der Waals surface area (Å²) in [5, 5.41) is 29.2. The van der Waals surface area contributed by atoms with Crippen LogP contribution in [-0.2, 0) is 9.47 Å². The van der Waals surface area contributed by atoms with Crippen molar-refractivity contribution in [1.29, 1.82) is 0 Å². The minimum absolute atomic E-state index is 0.138. The van der Waals surface area contributed by atoms with Gasteiger partial charge in [-0.3, -0.25) is 34.2 Å². The average molecular weight is 1110 g/mol. The number of carbonyl (C=O) groups is 6. The maximum Gasteiger partial charge on any atom is 0.488 e. The standard InChI is InChI=1S/C22H17NO4.C20H14N2O4.C13H9NO2.C9H11BO4/c1-2-26-22(25)15-11-13-16(14-12-15)23-18-8-4-6-10-20(18)27-19-9-5-3-7-17(19)21(23)24;23-19(21-25)13-9-11-14(12-10-13)22-16-6-2-4-8-18(16)26-17-7-3-1-5-15(17)20(22)24;15-13-9-5-1-3-7-11(9)16-12-8-4-2-6-10(12)14-13;1-2-14-9(11)7-3-5-8(6-4-7)10(12)13/h3-14H,2H2,1H3;1-12,25H,(H,21,23);1-8H,(H,14,15);3-6,12-13H,2H2,1H3. The fourth-order valence-electron chi connectivity index (χ4n) is 8.63. The fraction of sp³-hybridized carbons (Fsp3) is 0.0625. The molecule has 3 aliphatic heterocycles. The first-order valence-corrected chi connectivity index (χ1v) is 25.9. The van der Waals surface area contributed by atoms with Crippen LogP contribution in [0.25, 0.3) is 0 Å². The number of hydrogen-bond donors (Lipinski definition) is 5. The first-order chi connectivity index (χ1) is 40.4. The molecule has 0 bridgehead atoms. The third-order valence-electron chi connectivity index (χ3n) is 12.6. The van der Waals surface area contributed by atoms with Crippen molar-refractivity contribution in [3.63, 3.8) is 0 Å². The molecule has 0 atom stereocenters. The summed E-state index contributed by atoms with van der Waals surface area (Å²) < 4.78 is 27.4. The Morgan fingerprint density at radius 3 is 1.27 bits per heavy atom. The van der Waals surface area contributed by atoms with Crippen molar-refractivity contribution in [3.8, 4) is 34.5 Å². The van der Waals surface area contributed by atoms with Crippen LogP contribution in [0.15, 0.2) is 218 Å². The lowest BCUT2D eigenvalue weighted by Crippen LogP contribution is -2.29. The van der Waals surface area contributed by atoms with E-state index in [2.05, 4.69) is 5.32 Å². The van der Waals surface area contributed by atoms with E-state index in [0.717, 1.165) is 0 Å². The number of hydroxylamine groups is 1. The molecule has 0 spiro atoms. The largest absolute Gasteiger partial charge is 0.488 e. The monoisotopic (exact) mass is 1110 g/mol. The Bertz CT molecular complexity index is 3840. The minimum atomic E-state index is -1.51. The van der Waals surface area contributed by atoms with E-state index in [1.54, 1.807) is 126 Å². The number of anilines is 5. The molecule has 0 fully saturated rings. The number of carbonyl (C=O) groups excluding carboxylic acids is 6. The Labute approximate surface area is 476 Å². The van der Waals surface area contributed by atoms with Gasteiger partial charge >= 0.3 is 19.1 Å². The van der Waals surface area contributed by atoms with Crippen molar-refractivity contribution < 1.29 is 67.7 Å². The van der Waals surface area contributed by atoms with E-state index < -0.39 is 19.0 Å². The van der Waals surface area contributed by atoms with Crippen molar-refractivity contribution >= 4 is 76.6 Å². The zero-order valence-electron chi connectivity index (χ0n) is 44.5. The van der Waals surface area contributed by atoms with Crippen LogP contribution < -0.4 is 40.3 Å². The summed E-state index contributed by atoms with van der Waals surface area (Å²) in [6.45, 7) is 4.12. The highest BCUT2D eigenvalue weighted by Gasteiger charge is 2.31. The van der Waals surface area contributed by atoms with Gasteiger partial charge in [-0.2, -0.15) is 0 Å². The van der Waals surface area contributed by atoms with Crippen molar-refractivity contribution in [2.24, 2.45) is 0 Å². The number of benzene rings is 9. The van der Waals surface area contributed by atoms with Gasteiger partial charge in [0.15, 0.2) is 17.2 Å². The second-order valence-electron chi connectivity index (χ2n) is 17.9. The topological polar surface area (TPSA) is 240 Å². The molecule has 3 aliphatic rings. The summed E-state index contributed by atoms with van der Waals surface area (Å²) in [4.78, 5) is 76.1. The van der Waals surface area contributed by atoms with E-state index in [9.17, 15) is 28.8 Å². The molecule has 3 heterocycles. The van der Waals surface area contributed by atoms with Crippen molar-refractivity contribution in [2.45, 2.75) is 13.8 Å². The van der Waals surface area contributed by atoms with E-state index in [1.807, 2.05) is 84.9 Å². The fourth-order valence-corrected chi connectivity index (χ4v) is 8.63. The smallest absolute Gasteiger partial charge is 0.462 e. The molecule has 0 saturated heterocycles. The third kappa shape index (κ3) is 13.1. The predicted octanol–water partition coefficient (Wildman–Crippen LogP) is 11.4. The minimum Gasteiger partial charge on any atom is -0.462 e. The molecular weight excluding hydrogens is 1060 g/mol. The van der Waals surface area contributed by atoms with E-state index >= 15 is 0 Å². The number of para-hydroxylation sites is 9. The Kier molecular flexibility index (Phi) is 18.1. The molecule has 18 nitrogen and oxygen atoms in total. The van der Waals surface area contributed by atoms with Gasteiger partial charge in [0.05, 0.1) is 58.1 Å². The van der Waals surface area contributed by atoms with Crippen LogP contribution in [0.4, 0.5) is 28.4 Å². The van der Waals surface area contributed by atoms with Crippen molar-refractivity contribution in [2.75, 3.05) is 28.3 Å². The maximum atomic E-state index is 13.3. The Hall–Kier alpha value is -10.9. The quantitative estimate of drug-likeness (QED) is 0.0412. The van der Waals surface area contributed by atoms with Crippen LogP contribution in [-0.4, -0.2) is 71.2 Å². The average Bonchev–Trinajstić information content (AvgIpc) is 3.75. The van der Waals surface area contributed by atoms with E-state index in [0.29, 0.717) is 109 Å². The Morgan fingerprint density at radius 2 is 0.819 bits per heavy atom. The normalized spacial score (nSPS) is 12.1. The van der Waals surface area contributed by atoms with Crippen LogP contribution >= 0.6 is 0 Å². The highest BCUT2D eigenvalue weighted by Crippen LogP contribution is 2.44. The molecule has 414 valence electrons. The number of rotatable bonds is 8. The number of nitrogens with zero attached hydrogens (tertiary/aromatic N) is 2. The molecule has 9 aromatic carbocycles. The first kappa shape index (κ1) is 56.9. The van der Waals surface area contributed by atoms with Crippen LogP contribution in [0, 0.1) is 0 Å². The summed E-state index contributed by atoms with van der Waals surface area (Å²) in [6, 6.07) is 62.5. The highest BCUT2D eigenvalue weighted by molar-refractivity contribution is 6.58. The zero-order chi connectivity index (χ0) is 58.4. The number of esters is 2. The summed E-state index contributed by atoms with van der Waals surface area (Å²) in [6.07, 6.45) is 0. The van der Waals surface area contributed by atoms with Gasteiger partial charge in [-0.15, -0.1) is 0 Å². The third-order valence-corrected chi connectivity index (χ3v) is 12.6. The van der Waals surface area contributed by atoms with Gasteiger partial charge in [0.25, 0.3) is 23.6 Å². The lowest BCUT2D eigenvalue weighted by atomic mass is 9.80. The van der Waals surface area contributed by atoms with Crippen LogP contribution in [0.1, 0.15) is 76.0 Å². The van der Waals surface area contributed by atoms with Crippen LogP contribution in [0.2, 0.25) is 0 Å². The molecule has 12 rings (SSSR count). The van der Waals surface area contributed by atoms with Gasteiger partial charge in [0.2, 0.25) is 0 Å². The van der Waals surface area contributed by atoms with E-state index in [-0.39, 0.29) is 29.3 Å².